The highest BCUT2D eigenvalue weighted by Crippen LogP contribution is 2.31. The number of thiophene rings is 1. The summed E-state index contributed by atoms with van der Waals surface area (Å²) in [5.74, 6) is -1.24. The van der Waals surface area contributed by atoms with Gasteiger partial charge in [0.05, 0.1) is 24.3 Å². The van der Waals surface area contributed by atoms with E-state index in [9.17, 15) is 9.59 Å². The molecule has 0 atom stereocenters. The van der Waals surface area contributed by atoms with Crippen LogP contribution < -0.4 is 0 Å². The standard InChI is InChI=1S/C12H5Cl4NO3S/c13-5-3-17-11(10(16)9(5)15)12(19)20-4-6(18)7-1-2-8(14)21-7/h1-3H,4H2. The molecular formula is C12H5Cl4NO3S. The Morgan fingerprint density at radius 2 is 1.86 bits per heavy atom. The van der Waals surface area contributed by atoms with E-state index < -0.39 is 12.6 Å². The zero-order chi connectivity index (χ0) is 15.6. The summed E-state index contributed by atoms with van der Waals surface area (Å²) in [4.78, 5) is 27.7. The SMILES string of the molecule is O=C(COC(=O)c1ncc(Cl)c(Cl)c1Cl)c1ccc(Cl)s1. The third kappa shape index (κ3) is 3.87. The minimum Gasteiger partial charge on any atom is -0.452 e. The van der Waals surface area contributed by atoms with Gasteiger partial charge in [0.15, 0.2) is 12.3 Å². The summed E-state index contributed by atoms with van der Waals surface area (Å²) < 4.78 is 5.33. The molecule has 0 bridgehead atoms. The van der Waals surface area contributed by atoms with Gasteiger partial charge >= 0.3 is 5.97 Å². The highest BCUT2D eigenvalue weighted by molar-refractivity contribution is 7.18. The average Bonchev–Trinajstić information content (AvgIpc) is 2.88. The molecule has 21 heavy (non-hydrogen) atoms. The monoisotopic (exact) mass is 383 g/mol. The third-order valence-electron chi connectivity index (χ3n) is 2.29. The summed E-state index contributed by atoms with van der Waals surface area (Å²) in [6.45, 7) is -0.450. The number of Topliss-reactive ketones (excluding diaryl/α,β-unsaturated/α-hetero) is 1. The average molecular weight is 385 g/mol. The van der Waals surface area contributed by atoms with Crippen molar-refractivity contribution in [3.05, 3.63) is 48.3 Å². The number of esters is 1. The lowest BCUT2D eigenvalue weighted by Crippen LogP contribution is -2.15. The van der Waals surface area contributed by atoms with E-state index in [-0.39, 0.29) is 26.5 Å². The van der Waals surface area contributed by atoms with Gasteiger partial charge in [0.1, 0.15) is 0 Å². The van der Waals surface area contributed by atoms with Crippen LogP contribution in [-0.2, 0) is 4.74 Å². The zero-order valence-corrected chi connectivity index (χ0v) is 13.9. The topological polar surface area (TPSA) is 56.3 Å². The molecule has 0 aliphatic carbocycles. The molecule has 4 nitrogen and oxygen atoms in total. The Labute approximate surface area is 143 Å². The fraction of sp³-hybridized carbons (Fsp3) is 0.0833. The van der Waals surface area contributed by atoms with Gasteiger partial charge in [-0.3, -0.25) is 4.79 Å². The van der Waals surface area contributed by atoms with Crippen LogP contribution in [0.5, 0.6) is 0 Å². The van der Waals surface area contributed by atoms with E-state index in [0.29, 0.717) is 9.21 Å². The number of hydrogen-bond acceptors (Lipinski definition) is 5. The van der Waals surface area contributed by atoms with Crippen LogP contribution in [0, 0.1) is 0 Å². The Bertz CT molecular complexity index is 717. The van der Waals surface area contributed by atoms with Crippen LogP contribution >= 0.6 is 57.7 Å². The van der Waals surface area contributed by atoms with Gasteiger partial charge in [-0.2, -0.15) is 0 Å². The molecule has 0 aliphatic rings. The smallest absolute Gasteiger partial charge is 0.358 e. The second-order valence-corrected chi connectivity index (χ2v) is 6.56. The van der Waals surface area contributed by atoms with Gasteiger partial charge in [0.25, 0.3) is 0 Å². The lowest BCUT2D eigenvalue weighted by molar-refractivity contribution is 0.0470. The molecule has 2 heterocycles. The molecule has 110 valence electrons. The lowest BCUT2D eigenvalue weighted by atomic mass is 10.3. The molecule has 0 saturated carbocycles. The van der Waals surface area contributed by atoms with Crippen molar-refractivity contribution in [3.63, 3.8) is 0 Å². The highest BCUT2D eigenvalue weighted by atomic mass is 35.5. The normalized spacial score (nSPS) is 10.5. The quantitative estimate of drug-likeness (QED) is 0.561. The zero-order valence-electron chi connectivity index (χ0n) is 10.0. The maximum Gasteiger partial charge on any atom is 0.358 e. The van der Waals surface area contributed by atoms with Crippen LogP contribution in [0.25, 0.3) is 0 Å². The van der Waals surface area contributed by atoms with E-state index in [1.165, 1.54) is 6.20 Å². The first kappa shape index (κ1) is 16.5. The molecule has 0 spiro atoms. The predicted molar refractivity (Wildman–Crippen MR) is 83.2 cm³/mol. The first-order valence-corrected chi connectivity index (χ1v) is 7.68. The van der Waals surface area contributed by atoms with E-state index in [1.807, 2.05) is 0 Å². The fourth-order valence-electron chi connectivity index (χ4n) is 1.32. The van der Waals surface area contributed by atoms with Crippen molar-refractivity contribution >= 4 is 69.5 Å². The number of ketones is 1. The van der Waals surface area contributed by atoms with Crippen molar-refractivity contribution in [2.24, 2.45) is 0 Å². The van der Waals surface area contributed by atoms with Crippen LogP contribution in [0.2, 0.25) is 19.4 Å². The number of carbonyl (C=O) groups is 2. The Balaban J connectivity index is 2.06. The summed E-state index contributed by atoms with van der Waals surface area (Å²) >= 11 is 24.2. The van der Waals surface area contributed by atoms with Crippen molar-refractivity contribution in [3.8, 4) is 0 Å². The molecule has 0 aliphatic heterocycles. The number of halogens is 4. The van der Waals surface area contributed by atoms with Crippen molar-refractivity contribution < 1.29 is 14.3 Å². The van der Waals surface area contributed by atoms with Crippen LogP contribution in [0.15, 0.2) is 18.3 Å². The van der Waals surface area contributed by atoms with Crippen molar-refractivity contribution in [1.82, 2.24) is 4.98 Å². The molecular weight excluding hydrogens is 380 g/mol. The van der Waals surface area contributed by atoms with E-state index in [4.69, 9.17) is 51.1 Å². The maximum atomic E-state index is 11.8. The van der Waals surface area contributed by atoms with Crippen LogP contribution in [0.4, 0.5) is 0 Å². The molecule has 0 unspecified atom stereocenters. The Morgan fingerprint density at radius 1 is 1.14 bits per heavy atom. The van der Waals surface area contributed by atoms with E-state index >= 15 is 0 Å². The summed E-state index contributed by atoms with van der Waals surface area (Å²) in [5.41, 5.74) is -0.205. The third-order valence-corrected chi connectivity index (χ3v) is 4.81. The van der Waals surface area contributed by atoms with Crippen molar-refractivity contribution in [2.75, 3.05) is 6.61 Å². The van der Waals surface area contributed by atoms with Crippen LogP contribution in [-0.4, -0.2) is 23.3 Å². The Kier molecular flexibility index (Phi) is 5.46. The first-order valence-electron chi connectivity index (χ1n) is 5.35. The molecule has 0 radical (unpaired) electrons. The van der Waals surface area contributed by atoms with Gasteiger partial charge in [0.2, 0.25) is 5.78 Å². The van der Waals surface area contributed by atoms with Gasteiger partial charge in [-0.15, -0.1) is 11.3 Å². The number of carbonyl (C=O) groups excluding carboxylic acids is 2. The van der Waals surface area contributed by atoms with Gasteiger partial charge in [-0.1, -0.05) is 46.4 Å². The second kappa shape index (κ2) is 6.94. The first-order chi connectivity index (χ1) is 9.90. The minimum atomic E-state index is -0.866. The molecule has 0 aromatic carbocycles. The summed E-state index contributed by atoms with van der Waals surface area (Å²) in [6.07, 6.45) is 1.17. The largest absolute Gasteiger partial charge is 0.452 e. The predicted octanol–water partition coefficient (Wildman–Crippen LogP) is 4.80. The highest BCUT2D eigenvalue weighted by Gasteiger charge is 2.20. The van der Waals surface area contributed by atoms with Crippen molar-refractivity contribution in [1.29, 1.82) is 0 Å². The molecule has 9 heteroatoms. The van der Waals surface area contributed by atoms with Gasteiger partial charge in [-0.25, -0.2) is 9.78 Å². The molecule has 2 aromatic rings. The van der Waals surface area contributed by atoms with Crippen molar-refractivity contribution in [2.45, 2.75) is 0 Å². The minimum absolute atomic E-state index is 0.00310. The molecule has 2 aromatic heterocycles. The lowest BCUT2D eigenvalue weighted by Gasteiger charge is -2.06. The van der Waals surface area contributed by atoms with Gasteiger partial charge in [-0.05, 0) is 12.1 Å². The number of aromatic nitrogens is 1. The molecule has 0 N–H and O–H groups in total. The van der Waals surface area contributed by atoms with Gasteiger partial charge < -0.3 is 4.74 Å². The number of ether oxygens (including phenoxy) is 1. The molecule has 2 rings (SSSR count). The van der Waals surface area contributed by atoms with Crippen LogP contribution in [0.3, 0.4) is 0 Å². The number of hydrogen-bond donors (Lipinski definition) is 0. The number of pyridine rings is 1. The van der Waals surface area contributed by atoms with E-state index in [0.717, 1.165) is 11.3 Å². The maximum absolute atomic E-state index is 11.8. The van der Waals surface area contributed by atoms with Crippen LogP contribution in [0.1, 0.15) is 20.2 Å². The Hall–Kier alpha value is -0.850. The summed E-state index contributed by atoms with van der Waals surface area (Å²) in [7, 11) is 0. The fourth-order valence-corrected chi connectivity index (χ4v) is 2.85. The number of rotatable bonds is 4. The summed E-state index contributed by atoms with van der Waals surface area (Å²) in [6, 6.07) is 3.13. The second-order valence-electron chi connectivity index (χ2n) is 3.69. The molecule has 0 amide bonds. The molecule has 0 fully saturated rings. The molecule has 0 saturated heterocycles. The van der Waals surface area contributed by atoms with E-state index in [1.54, 1.807) is 12.1 Å². The summed E-state index contributed by atoms with van der Waals surface area (Å²) in [5, 5.41) is -0.0139. The Morgan fingerprint density at radius 3 is 2.48 bits per heavy atom. The van der Waals surface area contributed by atoms with Gasteiger partial charge in [0, 0.05) is 6.20 Å². The van der Waals surface area contributed by atoms with E-state index in [2.05, 4.69) is 4.98 Å². The number of nitrogens with zero attached hydrogens (tertiary/aromatic N) is 1.